The second-order valence-corrected chi connectivity index (χ2v) is 32.1. The van der Waals surface area contributed by atoms with E-state index in [9.17, 15) is 52.8 Å². The van der Waals surface area contributed by atoms with Crippen molar-refractivity contribution in [2.45, 2.75) is 149 Å². The molecule has 2 aliphatic heterocycles. The second kappa shape index (κ2) is 36.3. The van der Waals surface area contributed by atoms with Crippen LogP contribution in [0.25, 0.3) is 22.3 Å². The number of ether oxygens (including phenoxy) is 4. The number of hydrogen-bond donors (Lipinski definition) is 4. The number of benzene rings is 6. The summed E-state index contributed by atoms with van der Waals surface area (Å²) in [6.45, 7) is 2.44. The number of hydrogen-bond acceptors (Lipinski definition) is 12. The van der Waals surface area contributed by atoms with E-state index in [1.165, 1.54) is 135 Å². The number of likely N-dealkylation sites (tertiary alicyclic amines) is 2. The van der Waals surface area contributed by atoms with Gasteiger partial charge >= 0.3 is 24.3 Å². The van der Waals surface area contributed by atoms with E-state index < -0.39 is 91.2 Å². The maximum absolute atomic E-state index is 16.6. The van der Waals surface area contributed by atoms with Gasteiger partial charge in [0.2, 0.25) is 31.9 Å². The number of carboxylic acids is 2. The molecular weight excluding hydrogens is 1520 g/mol. The number of aliphatic carboxylic acids is 2. The molecule has 0 aromatic heterocycles. The molecule has 4 saturated carbocycles. The molecule has 6 aromatic rings. The fourth-order valence-corrected chi connectivity index (χ4v) is 17.3. The molecule has 4 aliphatic carbocycles. The zero-order valence-electron chi connectivity index (χ0n) is 58.9. The molecule has 0 bridgehead atoms. The highest BCUT2D eigenvalue weighted by Crippen LogP contribution is 2.45. The standard InChI is InChI=1S/2C36H41ClF2N2O5S.2C2HF3O2/c2*1-45-33-20-28(12-19-32(33)25-10-13-29(37)14-11-25)36(38,39)34(35(42)41-21-26-8-5-9-27(26)22-41)40-47(43,44)31-17-15-30(16-18-31)46-23-24-6-3-2-4-7-24;2*3-2(4,5)1(6)7/h2*10-20,24,26-27,34,40H,2-9,21-23H2,1H3;2*(H,6,7)/t2*26-,27+,34-;;/m10../s1. The zero-order chi connectivity index (χ0) is 78.5. The lowest BCUT2D eigenvalue weighted by Gasteiger charge is -2.31. The number of amides is 2. The van der Waals surface area contributed by atoms with Crippen LogP contribution < -0.4 is 28.4 Å². The average molecular weight is 1600 g/mol. The molecule has 32 heteroatoms. The molecule has 2 heterocycles. The molecule has 6 atom stereocenters. The topological polar surface area (TPSA) is 244 Å². The van der Waals surface area contributed by atoms with Gasteiger partial charge in [0.25, 0.3) is 11.8 Å². The molecule has 0 unspecified atom stereocenters. The largest absolute Gasteiger partial charge is 0.496 e. The first-order chi connectivity index (χ1) is 51.0. The molecule has 18 nitrogen and oxygen atoms in total. The van der Waals surface area contributed by atoms with E-state index in [2.05, 4.69) is 9.44 Å². The van der Waals surface area contributed by atoms with Crippen LogP contribution in [-0.2, 0) is 51.1 Å². The van der Waals surface area contributed by atoms with Crippen molar-refractivity contribution >= 4 is 67.0 Å². The Morgan fingerprint density at radius 1 is 0.444 bits per heavy atom. The number of halogens is 12. The van der Waals surface area contributed by atoms with E-state index in [1.54, 1.807) is 48.5 Å². The van der Waals surface area contributed by atoms with E-state index in [1.807, 2.05) is 0 Å². The third kappa shape index (κ3) is 21.8. The minimum Gasteiger partial charge on any atom is -0.496 e. The van der Waals surface area contributed by atoms with Crippen LogP contribution in [0.4, 0.5) is 43.9 Å². The molecule has 2 saturated heterocycles. The van der Waals surface area contributed by atoms with Gasteiger partial charge in [-0.15, -0.1) is 0 Å². The molecule has 6 aliphatic rings. The molecule has 2 amide bonds. The number of methoxy groups -OCH3 is 2. The van der Waals surface area contributed by atoms with Crippen molar-refractivity contribution < 1.29 is 109 Å². The van der Waals surface area contributed by atoms with E-state index in [0.717, 1.165) is 76.3 Å². The summed E-state index contributed by atoms with van der Waals surface area (Å²) in [5.74, 6) is -12.0. The van der Waals surface area contributed by atoms with Gasteiger partial charge in [-0.3, -0.25) is 9.59 Å². The molecule has 6 aromatic carbocycles. The summed E-state index contributed by atoms with van der Waals surface area (Å²) in [4.78, 5) is 48.0. The maximum Gasteiger partial charge on any atom is 0.490 e. The highest BCUT2D eigenvalue weighted by molar-refractivity contribution is 7.89. The minimum atomic E-state index is -5.08. The van der Waals surface area contributed by atoms with Gasteiger partial charge in [0.1, 0.15) is 23.0 Å². The molecule has 588 valence electrons. The Hall–Kier alpha value is -7.90. The molecule has 6 fully saturated rings. The lowest BCUT2D eigenvalue weighted by molar-refractivity contribution is -0.193. The average Bonchev–Trinajstić information content (AvgIpc) is 1.02. The van der Waals surface area contributed by atoms with Crippen molar-refractivity contribution in [3.05, 3.63) is 155 Å². The summed E-state index contributed by atoms with van der Waals surface area (Å²) in [6, 6.07) is 28.0. The summed E-state index contributed by atoms with van der Waals surface area (Å²) < 4.78 is 212. The first kappa shape index (κ1) is 84.1. The minimum absolute atomic E-state index is 0.151. The first-order valence-electron chi connectivity index (χ1n) is 35.3. The van der Waals surface area contributed by atoms with Crippen molar-refractivity contribution in [1.29, 1.82) is 0 Å². The van der Waals surface area contributed by atoms with Crippen molar-refractivity contribution in [3.63, 3.8) is 0 Å². The van der Waals surface area contributed by atoms with E-state index in [4.69, 9.17) is 62.0 Å². The van der Waals surface area contributed by atoms with Gasteiger partial charge < -0.3 is 39.0 Å². The van der Waals surface area contributed by atoms with E-state index >= 15 is 17.6 Å². The highest BCUT2D eigenvalue weighted by Gasteiger charge is 2.54. The number of carbonyl (C=O) groups is 4. The van der Waals surface area contributed by atoms with Gasteiger partial charge in [-0.25, -0.2) is 26.4 Å². The lowest BCUT2D eigenvalue weighted by atomic mass is 9.90. The summed E-state index contributed by atoms with van der Waals surface area (Å²) in [6.07, 6.45) is 7.26. The summed E-state index contributed by atoms with van der Waals surface area (Å²) in [5, 5.41) is 15.3. The fraction of sp³-hybridized carbons (Fsp3) is 0.474. The van der Waals surface area contributed by atoms with Crippen molar-refractivity contribution in [2.24, 2.45) is 35.5 Å². The predicted molar refractivity (Wildman–Crippen MR) is 382 cm³/mol. The predicted octanol–water partition coefficient (Wildman–Crippen LogP) is 16.6. The van der Waals surface area contributed by atoms with Crippen LogP contribution in [0.2, 0.25) is 10.0 Å². The molecule has 108 heavy (non-hydrogen) atoms. The van der Waals surface area contributed by atoms with Gasteiger partial charge in [0.05, 0.1) is 37.2 Å². The van der Waals surface area contributed by atoms with Crippen molar-refractivity contribution in [1.82, 2.24) is 19.2 Å². The van der Waals surface area contributed by atoms with Gasteiger partial charge in [0.15, 0.2) is 12.1 Å². The number of carboxylic acid groups (broad SMARTS) is 2. The number of nitrogens with zero attached hydrogens (tertiary/aromatic N) is 2. The van der Waals surface area contributed by atoms with Gasteiger partial charge in [-0.1, -0.05) is 123 Å². The Labute approximate surface area is 629 Å². The number of carbonyl (C=O) groups excluding carboxylic acids is 2. The van der Waals surface area contributed by atoms with E-state index in [-0.39, 0.29) is 45.0 Å². The number of alkyl halides is 10. The van der Waals surface area contributed by atoms with Crippen LogP contribution in [0.3, 0.4) is 0 Å². The fourth-order valence-electron chi connectivity index (χ4n) is 14.6. The van der Waals surface area contributed by atoms with Crippen LogP contribution >= 0.6 is 23.2 Å². The van der Waals surface area contributed by atoms with Crippen molar-refractivity contribution in [3.8, 4) is 45.3 Å². The van der Waals surface area contributed by atoms with E-state index in [0.29, 0.717) is 95.0 Å². The third-order valence-corrected chi connectivity index (χ3v) is 23.9. The Morgan fingerprint density at radius 3 is 1.02 bits per heavy atom. The van der Waals surface area contributed by atoms with Gasteiger partial charge in [-0.2, -0.15) is 53.3 Å². The summed E-state index contributed by atoms with van der Waals surface area (Å²) in [7, 11) is -6.35. The van der Waals surface area contributed by atoms with Crippen LogP contribution in [0.5, 0.6) is 23.0 Å². The van der Waals surface area contributed by atoms with Crippen LogP contribution in [0, 0.1) is 35.5 Å². The lowest BCUT2D eigenvalue weighted by Crippen LogP contribution is -2.56. The summed E-state index contributed by atoms with van der Waals surface area (Å²) in [5.41, 5.74) is 1.40. The smallest absolute Gasteiger partial charge is 0.490 e. The number of fused-ring (bicyclic) bond motifs is 2. The maximum atomic E-state index is 16.6. The SMILES string of the molecule is COc1cc(C(F)(F)[C@@H](NS(=O)(=O)c2ccc(OCC3CCCCC3)cc2)C(=O)N2C[C@H]3CCC[C@H]3C2)ccc1-c1ccc(Cl)cc1.COc1cc(C(F)(F)[C@H](NS(=O)(=O)c2ccc(OCC3CCCCC3)cc2)C(=O)N2C[C@H]3CCC[C@H]3C2)ccc1-c1ccc(Cl)cc1.O=C(O)C(F)(F)F.O=C(O)C(F)(F)F. The third-order valence-electron chi connectivity index (χ3n) is 20.5. The Balaban J connectivity index is 0.000000212. The van der Waals surface area contributed by atoms with Crippen LogP contribution in [0.15, 0.2) is 143 Å². The number of nitrogens with one attached hydrogen (secondary N) is 2. The Bertz CT molecular complexity index is 3990. The first-order valence-corrected chi connectivity index (χ1v) is 39.0. The molecule has 4 N–H and O–H groups in total. The van der Waals surface area contributed by atoms with Crippen LogP contribution in [0.1, 0.15) is 114 Å². The zero-order valence-corrected chi connectivity index (χ0v) is 62.1. The second-order valence-electron chi connectivity index (χ2n) is 27.8. The van der Waals surface area contributed by atoms with Gasteiger partial charge in [0, 0.05) is 58.5 Å². The molecule has 0 radical (unpaired) electrons. The van der Waals surface area contributed by atoms with Crippen LogP contribution in [-0.4, -0.2) is 139 Å². The number of rotatable bonds is 22. The highest BCUT2D eigenvalue weighted by atomic mass is 35.5. The normalized spacial score (nSPS) is 19.7. The number of sulfonamides is 2. The van der Waals surface area contributed by atoms with Crippen molar-refractivity contribution in [2.75, 3.05) is 53.6 Å². The summed E-state index contributed by atoms with van der Waals surface area (Å²) >= 11 is 12.1. The monoisotopic (exact) mass is 1600 g/mol. The Kier molecular flexibility index (Phi) is 28.3. The molecule has 0 spiro atoms. The quantitative estimate of drug-likeness (QED) is 0.0462. The molecule has 12 rings (SSSR count). The van der Waals surface area contributed by atoms with Gasteiger partial charge in [-0.05, 0) is 183 Å². The Morgan fingerprint density at radius 2 is 0.741 bits per heavy atom. The molecular formula is C76H84Cl2F10N4O14S2.